The van der Waals surface area contributed by atoms with Gasteiger partial charge in [-0.3, -0.25) is 14.6 Å². The second-order valence-electron chi connectivity index (χ2n) is 8.60. The molecule has 0 aliphatic carbocycles. The maximum Gasteiger partial charge on any atom is 0.274 e. The van der Waals surface area contributed by atoms with Crippen LogP contribution in [0.25, 0.3) is 5.52 Å². The second-order valence-corrected chi connectivity index (χ2v) is 8.60. The first-order valence-corrected chi connectivity index (χ1v) is 11.0. The number of carbonyl (C=O) groups is 2. The maximum absolute atomic E-state index is 13.1. The maximum atomic E-state index is 13.1. The number of rotatable bonds is 7. The molecule has 1 N–H and O–H groups in total. The van der Waals surface area contributed by atoms with Gasteiger partial charge in [0.1, 0.15) is 0 Å². The number of nitrogens with zero attached hydrogens (tertiary/aromatic N) is 4. The molecule has 4 rings (SSSR count). The van der Waals surface area contributed by atoms with Crippen molar-refractivity contribution in [1.29, 1.82) is 0 Å². The van der Waals surface area contributed by atoms with Gasteiger partial charge in [0.25, 0.3) is 11.8 Å². The van der Waals surface area contributed by atoms with Crippen molar-refractivity contribution < 1.29 is 9.59 Å². The van der Waals surface area contributed by atoms with Crippen molar-refractivity contribution in [2.75, 3.05) is 19.6 Å². The average molecular weight is 420 g/mol. The van der Waals surface area contributed by atoms with E-state index in [1.807, 2.05) is 17.2 Å². The highest BCUT2D eigenvalue weighted by Crippen LogP contribution is 2.23. The standard InChI is InChI=1S/C24H29N5O2/c1-17(2)13-19(18-7-5-9-25-15-18)16-26-23(30)20-8-6-12-29-22(20)14-21(27-29)24(31)28-10-3-4-11-28/h5-9,12,14-15,17,19H,3-4,10-11,13,16H2,1-2H3,(H,26,30). The van der Waals surface area contributed by atoms with Crippen LogP contribution in [0.1, 0.15) is 65.4 Å². The lowest BCUT2D eigenvalue weighted by atomic mass is 9.91. The zero-order valence-corrected chi connectivity index (χ0v) is 18.1. The molecule has 4 heterocycles. The molecular weight excluding hydrogens is 390 g/mol. The SMILES string of the molecule is CC(C)CC(CNC(=O)c1cccn2nc(C(=O)N3CCCC3)cc12)c1cccnc1. The molecule has 1 aliphatic rings. The summed E-state index contributed by atoms with van der Waals surface area (Å²) in [5.74, 6) is 0.457. The Morgan fingerprint density at radius 2 is 1.97 bits per heavy atom. The summed E-state index contributed by atoms with van der Waals surface area (Å²) in [6.45, 7) is 6.42. The molecule has 1 unspecified atom stereocenters. The van der Waals surface area contributed by atoms with Gasteiger partial charge in [0.15, 0.2) is 5.69 Å². The first-order chi connectivity index (χ1) is 15.0. The lowest BCUT2D eigenvalue weighted by molar-refractivity contribution is 0.0786. The quantitative estimate of drug-likeness (QED) is 0.635. The van der Waals surface area contributed by atoms with Crippen LogP contribution in [0.5, 0.6) is 0 Å². The van der Waals surface area contributed by atoms with E-state index in [2.05, 4.69) is 35.3 Å². The lowest BCUT2D eigenvalue weighted by Gasteiger charge is -2.20. The highest BCUT2D eigenvalue weighted by Gasteiger charge is 2.23. The third-order valence-electron chi connectivity index (χ3n) is 5.78. The number of hydrogen-bond acceptors (Lipinski definition) is 4. The summed E-state index contributed by atoms with van der Waals surface area (Å²) in [6, 6.07) is 9.27. The minimum absolute atomic E-state index is 0.0684. The van der Waals surface area contributed by atoms with Gasteiger partial charge in [-0.2, -0.15) is 5.10 Å². The Hall–Kier alpha value is -3.22. The fourth-order valence-corrected chi connectivity index (χ4v) is 4.23. The van der Waals surface area contributed by atoms with Crippen molar-refractivity contribution in [3.63, 3.8) is 0 Å². The number of likely N-dealkylation sites (tertiary alicyclic amines) is 1. The number of aromatic nitrogens is 3. The van der Waals surface area contributed by atoms with E-state index in [0.29, 0.717) is 29.2 Å². The van der Waals surface area contributed by atoms with E-state index >= 15 is 0 Å². The smallest absolute Gasteiger partial charge is 0.274 e. The third kappa shape index (κ3) is 4.76. The van der Waals surface area contributed by atoms with Gasteiger partial charge in [-0.1, -0.05) is 19.9 Å². The molecule has 1 fully saturated rings. The van der Waals surface area contributed by atoms with Crippen LogP contribution in [-0.2, 0) is 0 Å². The minimum Gasteiger partial charge on any atom is -0.351 e. The van der Waals surface area contributed by atoms with Crippen LogP contribution >= 0.6 is 0 Å². The number of amides is 2. The molecule has 3 aromatic rings. The normalized spacial score (nSPS) is 14.9. The van der Waals surface area contributed by atoms with Crippen LogP contribution in [0.2, 0.25) is 0 Å². The molecular formula is C24H29N5O2. The van der Waals surface area contributed by atoms with E-state index in [1.165, 1.54) is 0 Å². The van der Waals surface area contributed by atoms with Crippen LogP contribution in [0.3, 0.4) is 0 Å². The molecule has 0 aromatic carbocycles. The van der Waals surface area contributed by atoms with Gasteiger partial charge in [-0.25, -0.2) is 4.52 Å². The van der Waals surface area contributed by atoms with Gasteiger partial charge in [0, 0.05) is 44.1 Å². The van der Waals surface area contributed by atoms with Gasteiger partial charge in [-0.05, 0) is 55.0 Å². The number of pyridine rings is 2. The van der Waals surface area contributed by atoms with Crippen molar-refractivity contribution in [2.45, 2.75) is 39.0 Å². The second kappa shape index (κ2) is 9.29. The molecule has 31 heavy (non-hydrogen) atoms. The van der Waals surface area contributed by atoms with Crippen LogP contribution in [-0.4, -0.2) is 50.9 Å². The number of fused-ring (bicyclic) bond motifs is 1. The van der Waals surface area contributed by atoms with E-state index in [-0.39, 0.29) is 17.7 Å². The predicted molar refractivity (Wildman–Crippen MR) is 119 cm³/mol. The van der Waals surface area contributed by atoms with E-state index < -0.39 is 0 Å². The number of hydrogen-bond donors (Lipinski definition) is 1. The Bertz CT molecular complexity index is 1050. The molecule has 1 aliphatic heterocycles. The monoisotopic (exact) mass is 419 g/mol. The van der Waals surface area contributed by atoms with Gasteiger partial charge in [0.05, 0.1) is 11.1 Å². The first-order valence-electron chi connectivity index (χ1n) is 11.0. The van der Waals surface area contributed by atoms with Gasteiger partial charge in [0.2, 0.25) is 0 Å². The van der Waals surface area contributed by atoms with Crippen molar-refractivity contribution in [2.24, 2.45) is 5.92 Å². The van der Waals surface area contributed by atoms with Crippen LogP contribution in [0.15, 0.2) is 48.9 Å². The van der Waals surface area contributed by atoms with E-state index in [9.17, 15) is 9.59 Å². The third-order valence-corrected chi connectivity index (χ3v) is 5.78. The summed E-state index contributed by atoms with van der Waals surface area (Å²) in [4.78, 5) is 31.8. The molecule has 7 nitrogen and oxygen atoms in total. The summed E-state index contributed by atoms with van der Waals surface area (Å²) >= 11 is 0. The van der Waals surface area contributed by atoms with E-state index in [1.54, 1.807) is 35.1 Å². The van der Waals surface area contributed by atoms with E-state index in [0.717, 1.165) is 37.9 Å². The summed E-state index contributed by atoms with van der Waals surface area (Å²) in [5.41, 5.74) is 2.67. The van der Waals surface area contributed by atoms with Crippen molar-refractivity contribution in [3.05, 3.63) is 65.7 Å². The number of carbonyl (C=O) groups excluding carboxylic acids is 2. The molecule has 1 atom stereocenters. The van der Waals surface area contributed by atoms with Crippen LogP contribution < -0.4 is 5.32 Å². The summed E-state index contributed by atoms with van der Waals surface area (Å²) < 4.78 is 1.62. The Balaban J connectivity index is 1.52. The minimum atomic E-state index is -0.164. The fourth-order valence-electron chi connectivity index (χ4n) is 4.23. The molecule has 7 heteroatoms. The van der Waals surface area contributed by atoms with Gasteiger partial charge >= 0.3 is 0 Å². The Morgan fingerprint density at radius 1 is 1.16 bits per heavy atom. The summed E-state index contributed by atoms with van der Waals surface area (Å²) in [7, 11) is 0. The van der Waals surface area contributed by atoms with Gasteiger partial charge < -0.3 is 10.2 Å². The molecule has 0 spiro atoms. The fraction of sp³-hybridized carbons (Fsp3) is 0.417. The van der Waals surface area contributed by atoms with Crippen molar-refractivity contribution in [1.82, 2.24) is 24.8 Å². The first kappa shape index (κ1) is 21.0. The largest absolute Gasteiger partial charge is 0.351 e. The van der Waals surface area contributed by atoms with E-state index in [4.69, 9.17) is 0 Å². The van der Waals surface area contributed by atoms with Crippen LogP contribution in [0.4, 0.5) is 0 Å². The average Bonchev–Trinajstić information content (AvgIpc) is 3.46. The zero-order chi connectivity index (χ0) is 21.8. The highest BCUT2D eigenvalue weighted by atomic mass is 16.2. The molecule has 3 aromatic heterocycles. The number of nitrogens with one attached hydrogen (secondary N) is 1. The predicted octanol–water partition coefficient (Wildman–Crippen LogP) is 3.53. The zero-order valence-electron chi connectivity index (χ0n) is 18.1. The molecule has 162 valence electrons. The summed E-state index contributed by atoms with van der Waals surface area (Å²) in [5, 5.41) is 7.51. The Kier molecular flexibility index (Phi) is 6.30. The molecule has 0 radical (unpaired) electrons. The Morgan fingerprint density at radius 3 is 2.68 bits per heavy atom. The lowest BCUT2D eigenvalue weighted by Crippen LogP contribution is -2.29. The Labute approximate surface area is 182 Å². The summed E-state index contributed by atoms with van der Waals surface area (Å²) in [6.07, 6.45) is 8.41. The molecule has 1 saturated heterocycles. The highest BCUT2D eigenvalue weighted by molar-refractivity contribution is 6.02. The molecule has 0 bridgehead atoms. The van der Waals surface area contributed by atoms with Gasteiger partial charge in [-0.15, -0.1) is 0 Å². The van der Waals surface area contributed by atoms with Crippen molar-refractivity contribution in [3.8, 4) is 0 Å². The molecule has 2 amide bonds. The topological polar surface area (TPSA) is 79.6 Å². The van der Waals surface area contributed by atoms with Crippen LogP contribution in [0, 0.1) is 5.92 Å². The van der Waals surface area contributed by atoms with Crippen molar-refractivity contribution >= 4 is 17.3 Å². The molecule has 0 saturated carbocycles.